The van der Waals surface area contributed by atoms with E-state index in [0.29, 0.717) is 27.6 Å². The van der Waals surface area contributed by atoms with Crippen molar-refractivity contribution in [3.63, 3.8) is 0 Å². The molecule has 0 bridgehead atoms. The van der Waals surface area contributed by atoms with Gasteiger partial charge in [-0.25, -0.2) is 8.42 Å². The second kappa shape index (κ2) is 13.7. The van der Waals surface area contributed by atoms with Gasteiger partial charge in [0.05, 0.1) is 10.6 Å². The van der Waals surface area contributed by atoms with Gasteiger partial charge >= 0.3 is 0 Å². The van der Waals surface area contributed by atoms with E-state index in [-0.39, 0.29) is 29.1 Å². The van der Waals surface area contributed by atoms with E-state index in [9.17, 15) is 18.0 Å². The lowest BCUT2D eigenvalue weighted by atomic mass is 10.1. The van der Waals surface area contributed by atoms with Gasteiger partial charge in [0.15, 0.2) is 0 Å². The molecule has 1 fully saturated rings. The highest BCUT2D eigenvalue weighted by molar-refractivity contribution is 7.92. The van der Waals surface area contributed by atoms with Crippen LogP contribution in [0, 0.1) is 6.92 Å². The summed E-state index contributed by atoms with van der Waals surface area (Å²) in [5.41, 5.74) is 1.46. The van der Waals surface area contributed by atoms with Crippen molar-refractivity contribution >= 4 is 50.7 Å². The zero-order valence-corrected chi connectivity index (χ0v) is 25.6. The molecule has 3 aromatic carbocycles. The van der Waals surface area contributed by atoms with Gasteiger partial charge in [0, 0.05) is 22.6 Å². The molecule has 1 N–H and O–H groups in total. The van der Waals surface area contributed by atoms with E-state index in [2.05, 4.69) is 5.32 Å². The Hall–Kier alpha value is -3.07. The second-order valence-corrected chi connectivity index (χ2v) is 12.9. The minimum Gasteiger partial charge on any atom is -0.352 e. The molecule has 41 heavy (non-hydrogen) atoms. The van der Waals surface area contributed by atoms with E-state index < -0.39 is 28.5 Å². The van der Waals surface area contributed by atoms with Crippen molar-refractivity contribution < 1.29 is 18.0 Å². The molecular formula is C31H35Cl2N3O4S. The van der Waals surface area contributed by atoms with Crippen molar-refractivity contribution in [3.05, 3.63) is 94.0 Å². The molecule has 7 nitrogen and oxygen atoms in total. The number of benzene rings is 3. The maximum atomic E-state index is 14.2. The van der Waals surface area contributed by atoms with E-state index in [1.54, 1.807) is 61.5 Å². The topological polar surface area (TPSA) is 86.8 Å². The van der Waals surface area contributed by atoms with Crippen LogP contribution in [-0.2, 0) is 26.2 Å². The van der Waals surface area contributed by atoms with Crippen LogP contribution >= 0.6 is 23.2 Å². The number of nitrogens with zero attached hydrogens (tertiary/aromatic N) is 2. The molecule has 0 unspecified atom stereocenters. The second-order valence-electron chi connectivity index (χ2n) is 10.2. The molecule has 10 heteroatoms. The molecule has 0 aliphatic heterocycles. The van der Waals surface area contributed by atoms with Crippen LogP contribution in [0.4, 0.5) is 5.69 Å². The minimum absolute atomic E-state index is 0.0378. The number of carbonyl (C=O) groups excluding carboxylic acids is 2. The Bertz CT molecular complexity index is 1480. The first-order valence-corrected chi connectivity index (χ1v) is 16.0. The van der Waals surface area contributed by atoms with Gasteiger partial charge in [0.2, 0.25) is 11.8 Å². The van der Waals surface area contributed by atoms with Crippen molar-refractivity contribution in [1.82, 2.24) is 10.2 Å². The number of anilines is 1. The van der Waals surface area contributed by atoms with Gasteiger partial charge in [0.25, 0.3) is 10.0 Å². The zero-order valence-electron chi connectivity index (χ0n) is 23.2. The Morgan fingerprint density at radius 2 is 1.56 bits per heavy atom. The van der Waals surface area contributed by atoms with Gasteiger partial charge in [-0.3, -0.25) is 13.9 Å². The van der Waals surface area contributed by atoms with Crippen LogP contribution < -0.4 is 9.62 Å². The maximum Gasteiger partial charge on any atom is 0.264 e. The van der Waals surface area contributed by atoms with Crippen molar-refractivity contribution in [1.29, 1.82) is 0 Å². The molecule has 0 aromatic heterocycles. The zero-order chi connectivity index (χ0) is 29.6. The number of amides is 2. The lowest BCUT2D eigenvalue weighted by Crippen LogP contribution is -2.53. The summed E-state index contributed by atoms with van der Waals surface area (Å²) in [5.74, 6) is -0.784. The molecular weight excluding hydrogens is 581 g/mol. The molecule has 1 atom stereocenters. The average Bonchev–Trinajstić information content (AvgIpc) is 3.47. The van der Waals surface area contributed by atoms with Crippen molar-refractivity contribution in [2.75, 3.05) is 10.8 Å². The van der Waals surface area contributed by atoms with Gasteiger partial charge in [-0.2, -0.15) is 0 Å². The first-order valence-electron chi connectivity index (χ1n) is 13.8. The molecule has 218 valence electrons. The molecule has 0 saturated heterocycles. The predicted octanol–water partition coefficient (Wildman–Crippen LogP) is 6.36. The van der Waals surface area contributed by atoms with Gasteiger partial charge in [-0.15, -0.1) is 0 Å². The van der Waals surface area contributed by atoms with Crippen molar-refractivity contribution in [3.8, 4) is 0 Å². The molecule has 1 aliphatic rings. The Morgan fingerprint density at radius 3 is 2.22 bits per heavy atom. The van der Waals surface area contributed by atoms with Crippen LogP contribution in [0.25, 0.3) is 0 Å². The number of hydrogen-bond donors (Lipinski definition) is 1. The van der Waals surface area contributed by atoms with E-state index >= 15 is 0 Å². The van der Waals surface area contributed by atoms with Crippen LogP contribution in [0.5, 0.6) is 0 Å². The van der Waals surface area contributed by atoms with Crippen LogP contribution in [-0.4, -0.2) is 43.8 Å². The molecule has 0 heterocycles. The van der Waals surface area contributed by atoms with Gasteiger partial charge in [-0.05, 0) is 67.6 Å². The quantitative estimate of drug-likeness (QED) is 0.272. The van der Waals surface area contributed by atoms with Gasteiger partial charge < -0.3 is 10.2 Å². The van der Waals surface area contributed by atoms with Crippen LogP contribution in [0.3, 0.4) is 0 Å². The Morgan fingerprint density at radius 1 is 0.927 bits per heavy atom. The lowest BCUT2D eigenvalue weighted by Gasteiger charge is -2.34. The summed E-state index contributed by atoms with van der Waals surface area (Å²) in [6, 6.07) is 19.2. The number of halogens is 2. The monoisotopic (exact) mass is 615 g/mol. The highest BCUT2D eigenvalue weighted by Gasteiger charge is 2.35. The summed E-state index contributed by atoms with van der Waals surface area (Å²) in [4.78, 5) is 29.2. The standard InChI is InChI=1S/C31H35Cl2N3O4S/c1-3-28(31(38)34-24-13-8-9-14-24)35(20-23-12-7-10-17-27(23)33)30(37)21-36(29-19-11-18-26(32)22(29)2)41(39,40)25-15-5-4-6-16-25/h4-7,10-12,15-19,24,28H,3,8-9,13-14,20-21H2,1-2H3,(H,34,38)/t28-/m1/s1. The predicted molar refractivity (Wildman–Crippen MR) is 164 cm³/mol. The van der Waals surface area contributed by atoms with E-state index in [1.165, 1.54) is 17.0 Å². The fourth-order valence-electron chi connectivity index (χ4n) is 5.20. The molecule has 4 rings (SSSR count). The first kappa shape index (κ1) is 30.9. The number of carbonyl (C=O) groups is 2. The van der Waals surface area contributed by atoms with Crippen molar-refractivity contribution in [2.45, 2.75) is 69.5 Å². The molecule has 3 aromatic rings. The highest BCUT2D eigenvalue weighted by Crippen LogP contribution is 2.31. The molecule has 0 spiro atoms. The van der Waals surface area contributed by atoms with E-state index in [1.807, 2.05) is 13.0 Å². The smallest absolute Gasteiger partial charge is 0.264 e. The third kappa shape index (κ3) is 7.23. The SMILES string of the molecule is CC[C@H](C(=O)NC1CCCC1)N(Cc1ccccc1Cl)C(=O)CN(c1cccc(Cl)c1C)S(=O)(=O)c1ccccc1. The summed E-state index contributed by atoms with van der Waals surface area (Å²) < 4.78 is 29.0. The van der Waals surface area contributed by atoms with Crippen LogP contribution in [0.2, 0.25) is 10.0 Å². The largest absolute Gasteiger partial charge is 0.352 e. The van der Waals surface area contributed by atoms with Gasteiger partial charge in [0.1, 0.15) is 12.6 Å². The fraction of sp³-hybridized carbons (Fsp3) is 0.355. The minimum atomic E-state index is -4.17. The summed E-state index contributed by atoms with van der Waals surface area (Å²) in [7, 11) is -4.17. The highest BCUT2D eigenvalue weighted by atomic mass is 35.5. The molecule has 1 aliphatic carbocycles. The Balaban J connectivity index is 1.75. The summed E-state index contributed by atoms with van der Waals surface area (Å²) in [5, 5.41) is 3.94. The fourth-order valence-corrected chi connectivity index (χ4v) is 7.05. The number of hydrogen-bond acceptors (Lipinski definition) is 4. The Labute approximate surface area is 252 Å². The third-order valence-corrected chi connectivity index (χ3v) is 10.1. The third-order valence-electron chi connectivity index (χ3n) is 7.50. The lowest BCUT2D eigenvalue weighted by molar-refractivity contribution is -0.140. The normalized spacial score (nSPS) is 14.4. The van der Waals surface area contributed by atoms with E-state index in [0.717, 1.165) is 30.0 Å². The summed E-state index contributed by atoms with van der Waals surface area (Å²) in [6.45, 7) is 3.06. The number of sulfonamides is 1. The molecule has 0 radical (unpaired) electrons. The first-order chi connectivity index (χ1) is 19.6. The Kier molecular flexibility index (Phi) is 10.3. The van der Waals surface area contributed by atoms with Crippen molar-refractivity contribution in [2.24, 2.45) is 0 Å². The average molecular weight is 617 g/mol. The van der Waals surface area contributed by atoms with Crippen LogP contribution in [0.1, 0.15) is 50.2 Å². The number of rotatable bonds is 11. The molecule has 1 saturated carbocycles. The van der Waals surface area contributed by atoms with Crippen LogP contribution in [0.15, 0.2) is 77.7 Å². The van der Waals surface area contributed by atoms with E-state index in [4.69, 9.17) is 23.2 Å². The van der Waals surface area contributed by atoms with Gasteiger partial charge in [-0.1, -0.05) is 85.4 Å². The maximum absolute atomic E-state index is 14.2. The number of nitrogens with one attached hydrogen (secondary N) is 1. The summed E-state index contributed by atoms with van der Waals surface area (Å²) in [6.07, 6.45) is 4.25. The summed E-state index contributed by atoms with van der Waals surface area (Å²) >= 11 is 12.9. The molecule has 2 amide bonds.